The maximum atomic E-state index is 12.2. The molecule has 0 aliphatic rings. The van der Waals surface area contributed by atoms with E-state index in [0.29, 0.717) is 17.1 Å². The second-order valence-electron chi connectivity index (χ2n) is 3.88. The number of hydrogen-bond acceptors (Lipinski definition) is 5. The Labute approximate surface area is 110 Å². The summed E-state index contributed by atoms with van der Waals surface area (Å²) in [5, 5.41) is 15.5. The van der Waals surface area contributed by atoms with Gasteiger partial charge >= 0.3 is 0 Å². The zero-order valence-electron chi connectivity index (χ0n) is 10.3. The maximum Gasteiger partial charge on any atom is 0.264 e. The molecule has 0 radical (unpaired) electrons. The summed E-state index contributed by atoms with van der Waals surface area (Å²) in [5.41, 5.74) is 1.37. The van der Waals surface area contributed by atoms with Crippen LogP contribution in [0.15, 0.2) is 23.2 Å². The number of sulfonamides is 1. The van der Waals surface area contributed by atoms with Crippen molar-refractivity contribution < 1.29 is 8.42 Å². The van der Waals surface area contributed by atoms with Gasteiger partial charge in [-0.05, 0) is 26.0 Å². The number of aromatic amines is 1. The van der Waals surface area contributed by atoms with E-state index >= 15 is 0 Å². The molecule has 0 aliphatic carbocycles. The molecule has 0 saturated heterocycles. The van der Waals surface area contributed by atoms with Gasteiger partial charge in [-0.1, -0.05) is 0 Å². The van der Waals surface area contributed by atoms with Crippen LogP contribution in [0.1, 0.15) is 17.1 Å². The van der Waals surface area contributed by atoms with E-state index in [0.717, 1.165) is 0 Å². The third-order valence-electron chi connectivity index (χ3n) is 2.53. The van der Waals surface area contributed by atoms with Crippen molar-refractivity contribution in [3.05, 3.63) is 35.4 Å². The molecule has 0 unspecified atom stereocenters. The number of nitrogens with zero attached hydrogens (tertiary/aromatic N) is 3. The van der Waals surface area contributed by atoms with Crippen LogP contribution < -0.4 is 4.72 Å². The molecule has 0 spiro atoms. The van der Waals surface area contributed by atoms with Gasteiger partial charge < -0.3 is 0 Å². The Balaban J connectivity index is 2.48. The Hall–Kier alpha value is -2.40. The molecule has 2 aromatic heterocycles. The predicted octanol–water partition coefficient (Wildman–Crippen LogP) is 1.09. The molecule has 8 heteroatoms. The molecule has 98 valence electrons. The summed E-state index contributed by atoms with van der Waals surface area (Å²) in [4.78, 5) is 3.58. The molecule has 0 amide bonds. The van der Waals surface area contributed by atoms with Crippen LogP contribution in [-0.4, -0.2) is 23.6 Å². The topological polar surface area (TPSA) is 112 Å². The summed E-state index contributed by atoms with van der Waals surface area (Å²) in [7, 11) is -3.87. The standard InChI is InChI=1S/C11H11N5O2S/c1-7-11(8(2)15-14-7)16-19(17,18)10-4-3-5-13-9(10)6-12/h3-5,16H,1-2H3,(H,14,15). The van der Waals surface area contributed by atoms with E-state index in [9.17, 15) is 8.42 Å². The van der Waals surface area contributed by atoms with Crippen molar-refractivity contribution in [2.75, 3.05) is 4.72 Å². The lowest BCUT2D eigenvalue weighted by atomic mass is 10.3. The molecule has 2 rings (SSSR count). The Bertz CT molecular complexity index is 738. The van der Waals surface area contributed by atoms with Crippen LogP contribution in [0, 0.1) is 25.2 Å². The molecule has 0 saturated carbocycles. The third kappa shape index (κ3) is 2.41. The monoisotopic (exact) mass is 277 g/mol. The van der Waals surface area contributed by atoms with Crippen LogP contribution in [0.2, 0.25) is 0 Å². The molecule has 0 aliphatic heterocycles. The van der Waals surface area contributed by atoms with Crippen molar-refractivity contribution >= 4 is 15.7 Å². The van der Waals surface area contributed by atoms with Crippen molar-refractivity contribution in [2.24, 2.45) is 0 Å². The summed E-state index contributed by atoms with van der Waals surface area (Å²) in [6, 6.07) is 4.55. The van der Waals surface area contributed by atoms with Crippen molar-refractivity contribution in [3.8, 4) is 6.07 Å². The van der Waals surface area contributed by atoms with Gasteiger partial charge in [-0.15, -0.1) is 0 Å². The highest BCUT2D eigenvalue weighted by molar-refractivity contribution is 7.92. The van der Waals surface area contributed by atoms with Crippen LogP contribution in [0.4, 0.5) is 5.69 Å². The van der Waals surface area contributed by atoms with E-state index in [-0.39, 0.29) is 10.6 Å². The fraction of sp³-hybridized carbons (Fsp3) is 0.182. The molecule has 2 N–H and O–H groups in total. The summed E-state index contributed by atoms with van der Waals surface area (Å²) in [6.07, 6.45) is 1.37. The van der Waals surface area contributed by atoms with Gasteiger partial charge in [0.05, 0.1) is 17.1 Å². The molecule has 19 heavy (non-hydrogen) atoms. The van der Waals surface area contributed by atoms with Gasteiger partial charge in [0.25, 0.3) is 10.0 Å². The lowest BCUT2D eigenvalue weighted by molar-refractivity contribution is 0.600. The summed E-state index contributed by atoms with van der Waals surface area (Å²) >= 11 is 0. The number of anilines is 1. The van der Waals surface area contributed by atoms with Crippen LogP contribution in [0.25, 0.3) is 0 Å². The number of aryl methyl sites for hydroxylation is 2. The first-order chi connectivity index (χ1) is 8.95. The van der Waals surface area contributed by atoms with Crippen molar-refractivity contribution in [1.29, 1.82) is 5.26 Å². The normalized spacial score (nSPS) is 11.0. The number of rotatable bonds is 3. The first kappa shape index (κ1) is 13.0. The SMILES string of the molecule is Cc1n[nH]c(C)c1NS(=O)(=O)c1cccnc1C#N. The smallest absolute Gasteiger partial charge is 0.264 e. The number of nitriles is 1. The van der Waals surface area contributed by atoms with E-state index in [1.54, 1.807) is 19.9 Å². The quantitative estimate of drug-likeness (QED) is 0.872. The predicted molar refractivity (Wildman–Crippen MR) is 67.8 cm³/mol. The zero-order valence-corrected chi connectivity index (χ0v) is 11.1. The minimum absolute atomic E-state index is 0.145. The van der Waals surface area contributed by atoms with Crippen LogP contribution in [0.5, 0.6) is 0 Å². The Kier molecular flexibility index (Phi) is 3.23. The average molecular weight is 277 g/mol. The van der Waals surface area contributed by atoms with Gasteiger partial charge in [0.15, 0.2) is 5.69 Å². The third-order valence-corrected chi connectivity index (χ3v) is 3.91. The van der Waals surface area contributed by atoms with Gasteiger partial charge in [0, 0.05) is 6.20 Å². The molecule has 0 fully saturated rings. The van der Waals surface area contributed by atoms with Crippen molar-refractivity contribution in [2.45, 2.75) is 18.7 Å². The molecule has 7 nitrogen and oxygen atoms in total. The number of hydrogen-bond donors (Lipinski definition) is 2. The van der Waals surface area contributed by atoms with Gasteiger partial charge in [-0.2, -0.15) is 10.4 Å². The molecular formula is C11H11N5O2S. The lowest BCUT2D eigenvalue weighted by Gasteiger charge is -2.08. The highest BCUT2D eigenvalue weighted by Crippen LogP contribution is 2.22. The van der Waals surface area contributed by atoms with Gasteiger partial charge in [0.2, 0.25) is 0 Å². The van der Waals surface area contributed by atoms with Gasteiger partial charge in [0.1, 0.15) is 11.0 Å². The lowest BCUT2D eigenvalue weighted by Crippen LogP contribution is -2.15. The maximum absolute atomic E-state index is 12.2. The summed E-state index contributed by atoms with van der Waals surface area (Å²) in [6.45, 7) is 3.38. The molecule has 0 aromatic carbocycles. The second-order valence-corrected chi connectivity index (χ2v) is 5.53. The first-order valence-corrected chi connectivity index (χ1v) is 6.83. The van der Waals surface area contributed by atoms with Crippen LogP contribution in [-0.2, 0) is 10.0 Å². The Morgan fingerprint density at radius 3 is 2.74 bits per heavy atom. The molecule has 0 atom stereocenters. The molecule has 0 bridgehead atoms. The van der Waals surface area contributed by atoms with Crippen molar-refractivity contribution in [3.63, 3.8) is 0 Å². The van der Waals surface area contributed by atoms with E-state index in [2.05, 4.69) is 19.9 Å². The number of H-pyrrole nitrogens is 1. The van der Waals surface area contributed by atoms with E-state index < -0.39 is 10.0 Å². The molecule has 2 aromatic rings. The number of aromatic nitrogens is 3. The van der Waals surface area contributed by atoms with E-state index in [1.165, 1.54) is 18.3 Å². The fourth-order valence-corrected chi connectivity index (χ4v) is 2.87. The first-order valence-electron chi connectivity index (χ1n) is 5.35. The Morgan fingerprint density at radius 1 is 1.42 bits per heavy atom. The van der Waals surface area contributed by atoms with Crippen LogP contribution >= 0.6 is 0 Å². The highest BCUT2D eigenvalue weighted by atomic mass is 32.2. The number of pyridine rings is 1. The van der Waals surface area contributed by atoms with E-state index in [4.69, 9.17) is 5.26 Å². The zero-order chi connectivity index (χ0) is 14.0. The second kappa shape index (κ2) is 4.70. The van der Waals surface area contributed by atoms with Crippen molar-refractivity contribution in [1.82, 2.24) is 15.2 Å². The Morgan fingerprint density at radius 2 is 2.16 bits per heavy atom. The largest absolute Gasteiger partial charge is 0.280 e. The van der Waals surface area contributed by atoms with E-state index in [1.807, 2.05) is 0 Å². The minimum atomic E-state index is -3.87. The summed E-state index contributed by atoms with van der Waals surface area (Å²) < 4.78 is 26.9. The summed E-state index contributed by atoms with van der Waals surface area (Å²) in [5.74, 6) is 0. The number of nitrogens with one attached hydrogen (secondary N) is 2. The minimum Gasteiger partial charge on any atom is -0.280 e. The van der Waals surface area contributed by atoms with Gasteiger partial charge in [-0.25, -0.2) is 13.4 Å². The highest BCUT2D eigenvalue weighted by Gasteiger charge is 2.21. The van der Waals surface area contributed by atoms with Gasteiger partial charge in [-0.3, -0.25) is 9.82 Å². The molecule has 2 heterocycles. The van der Waals surface area contributed by atoms with Crippen LogP contribution in [0.3, 0.4) is 0 Å². The fourth-order valence-electron chi connectivity index (χ4n) is 1.58. The average Bonchev–Trinajstić information content (AvgIpc) is 2.70. The molecular weight excluding hydrogens is 266 g/mol.